The number of nitrogens with zero attached hydrogens (tertiary/aromatic N) is 1. The van der Waals surface area contributed by atoms with E-state index in [-0.39, 0.29) is 24.8 Å². The highest BCUT2D eigenvalue weighted by molar-refractivity contribution is 7.10. The van der Waals surface area contributed by atoms with Gasteiger partial charge in [0.15, 0.2) is 0 Å². The van der Waals surface area contributed by atoms with Crippen LogP contribution in [0.3, 0.4) is 0 Å². The van der Waals surface area contributed by atoms with Crippen molar-refractivity contribution in [3.63, 3.8) is 0 Å². The lowest BCUT2D eigenvalue weighted by Crippen LogP contribution is -2.44. The number of thiophene rings is 1. The van der Waals surface area contributed by atoms with E-state index >= 15 is 0 Å². The maximum Gasteiger partial charge on any atom is 0.252 e. The monoisotopic (exact) mass is 423 g/mol. The topological polar surface area (TPSA) is 44.4 Å². The second-order valence-electron chi connectivity index (χ2n) is 9.50. The first-order valence-corrected chi connectivity index (χ1v) is 12.1. The SMILES string of the molecule is O=C(NC1CCC(F)(F)CC1)c1csc([C@@H]2C[C@H]2NC2CCN(C3CC3)CC2)c1. The predicted octanol–water partition coefficient (Wildman–Crippen LogP) is 4.13. The molecule has 0 unspecified atom stereocenters. The summed E-state index contributed by atoms with van der Waals surface area (Å²) in [5, 5.41) is 8.72. The molecule has 2 N–H and O–H groups in total. The smallest absolute Gasteiger partial charge is 0.252 e. The molecule has 0 radical (unpaired) electrons. The summed E-state index contributed by atoms with van der Waals surface area (Å²) < 4.78 is 26.6. The number of carbonyl (C=O) groups is 1. The van der Waals surface area contributed by atoms with Crippen LogP contribution in [0.4, 0.5) is 8.78 Å². The number of rotatable bonds is 6. The molecule has 7 heteroatoms. The summed E-state index contributed by atoms with van der Waals surface area (Å²) >= 11 is 1.66. The number of hydrogen-bond acceptors (Lipinski definition) is 4. The highest BCUT2D eigenvalue weighted by Crippen LogP contribution is 2.44. The summed E-state index contributed by atoms with van der Waals surface area (Å²) in [6.45, 7) is 2.46. The Balaban J connectivity index is 1.07. The van der Waals surface area contributed by atoms with Gasteiger partial charge in [-0.05, 0) is 64.1 Å². The second-order valence-corrected chi connectivity index (χ2v) is 10.4. The van der Waals surface area contributed by atoms with Crippen molar-refractivity contribution in [2.24, 2.45) is 0 Å². The number of nitrogens with one attached hydrogen (secondary N) is 2. The number of hydrogen-bond donors (Lipinski definition) is 2. The number of alkyl halides is 2. The minimum atomic E-state index is -2.56. The molecule has 4 aliphatic rings. The molecule has 0 aromatic carbocycles. The minimum Gasteiger partial charge on any atom is -0.349 e. The van der Waals surface area contributed by atoms with Gasteiger partial charge in [-0.1, -0.05) is 0 Å². The van der Waals surface area contributed by atoms with Gasteiger partial charge >= 0.3 is 0 Å². The van der Waals surface area contributed by atoms with Crippen LogP contribution in [-0.2, 0) is 0 Å². The van der Waals surface area contributed by atoms with Crippen molar-refractivity contribution >= 4 is 17.2 Å². The van der Waals surface area contributed by atoms with Crippen molar-refractivity contribution < 1.29 is 13.6 Å². The van der Waals surface area contributed by atoms with Crippen LogP contribution in [0, 0.1) is 0 Å². The van der Waals surface area contributed by atoms with Gasteiger partial charge in [-0.25, -0.2) is 8.78 Å². The summed E-state index contributed by atoms with van der Waals surface area (Å²) in [7, 11) is 0. The van der Waals surface area contributed by atoms with Gasteiger partial charge in [0.25, 0.3) is 5.91 Å². The number of amides is 1. The standard InChI is InChI=1S/C22H31F2N3OS/c23-22(24)7-3-15(4-8-22)26-21(28)14-11-20(29-13-14)18-12-19(18)25-16-5-9-27(10-6-16)17-1-2-17/h11,13,15-19,25H,1-10,12H2,(H,26,28)/t18-,19-/m1/s1. The molecule has 3 saturated carbocycles. The minimum absolute atomic E-state index is 0.111. The van der Waals surface area contributed by atoms with Crippen molar-refractivity contribution in [3.05, 3.63) is 21.9 Å². The average Bonchev–Trinajstić information content (AvgIpc) is 3.63. The molecule has 1 aromatic heterocycles. The lowest BCUT2D eigenvalue weighted by molar-refractivity contribution is -0.0399. The third kappa shape index (κ3) is 4.83. The first-order valence-electron chi connectivity index (χ1n) is 11.2. The third-order valence-electron chi connectivity index (χ3n) is 7.13. The van der Waals surface area contributed by atoms with Gasteiger partial charge in [0, 0.05) is 53.2 Å². The van der Waals surface area contributed by atoms with Crippen molar-refractivity contribution in [3.8, 4) is 0 Å². The Hall–Kier alpha value is -1.05. The van der Waals surface area contributed by atoms with E-state index in [0.717, 1.165) is 12.5 Å². The maximum atomic E-state index is 13.3. The molecule has 2 atom stereocenters. The summed E-state index contributed by atoms with van der Waals surface area (Å²) in [6, 6.07) is 3.95. The van der Waals surface area contributed by atoms with Gasteiger partial charge in [0.1, 0.15) is 0 Å². The first kappa shape index (κ1) is 19.9. The number of likely N-dealkylation sites (tertiary alicyclic amines) is 1. The first-order chi connectivity index (χ1) is 14.0. The van der Waals surface area contributed by atoms with E-state index in [1.54, 1.807) is 11.3 Å². The normalized spacial score (nSPS) is 31.0. The van der Waals surface area contributed by atoms with Crippen molar-refractivity contribution in [2.75, 3.05) is 13.1 Å². The Morgan fingerprint density at radius 2 is 1.79 bits per heavy atom. The molecule has 3 aliphatic carbocycles. The van der Waals surface area contributed by atoms with Crippen LogP contribution >= 0.6 is 11.3 Å². The molecule has 1 aromatic rings. The fourth-order valence-electron chi connectivity index (χ4n) is 4.99. The van der Waals surface area contributed by atoms with E-state index in [0.29, 0.717) is 36.4 Å². The molecule has 4 nitrogen and oxygen atoms in total. The second kappa shape index (κ2) is 7.89. The molecule has 0 spiro atoms. The number of carbonyl (C=O) groups excluding carboxylic acids is 1. The zero-order valence-corrected chi connectivity index (χ0v) is 17.7. The zero-order chi connectivity index (χ0) is 20.0. The summed E-state index contributed by atoms with van der Waals surface area (Å²) in [5.74, 6) is -2.14. The maximum absolute atomic E-state index is 13.3. The largest absolute Gasteiger partial charge is 0.349 e. The van der Waals surface area contributed by atoms with Gasteiger partial charge in [-0.3, -0.25) is 4.79 Å². The highest BCUT2D eigenvalue weighted by atomic mass is 32.1. The Labute approximate surface area is 175 Å². The van der Waals surface area contributed by atoms with Crippen LogP contribution in [0.25, 0.3) is 0 Å². The Bertz CT molecular complexity index is 732. The van der Waals surface area contributed by atoms with Crippen LogP contribution in [0.5, 0.6) is 0 Å². The van der Waals surface area contributed by atoms with Crippen molar-refractivity contribution in [1.82, 2.24) is 15.5 Å². The van der Waals surface area contributed by atoms with Crippen LogP contribution in [0.2, 0.25) is 0 Å². The van der Waals surface area contributed by atoms with E-state index < -0.39 is 5.92 Å². The summed E-state index contributed by atoms with van der Waals surface area (Å²) in [5.41, 5.74) is 0.686. The van der Waals surface area contributed by atoms with Gasteiger partial charge in [-0.2, -0.15) is 0 Å². The van der Waals surface area contributed by atoms with Gasteiger partial charge in [-0.15, -0.1) is 11.3 Å². The Kier molecular flexibility index (Phi) is 5.41. The van der Waals surface area contributed by atoms with E-state index in [9.17, 15) is 13.6 Å². The summed E-state index contributed by atoms with van der Waals surface area (Å²) in [4.78, 5) is 16.4. The lowest BCUT2D eigenvalue weighted by atomic mass is 9.92. The van der Waals surface area contributed by atoms with Crippen LogP contribution < -0.4 is 10.6 Å². The average molecular weight is 424 g/mol. The van der Waals surface area contributed by atoms with E-state index in [1.807, 2.05) is 11.4 Å². The molecule has 1 aliphatic heterocycles. The van der Waals surface area contributed by atoms with Crippen molar-refractivity contribution in [1.29, 1.82) is 0 Å². The number of piperidine rings is 1. The Morgan fingerprint density at radius 3 is 2.48 bits per heavy atom. The molecule has 1 saturated heterocycles. The molecule has 1 amide bonds. The Morgan fingerprint density at radius 1 is 1.07 bits per heavy atom. The van der Waals surface area contributed by atoms with E-state index in [4.69, 9.17) is 0 Å². The van der Waals surface area contributed by atoms with Crippen molar-refractivity contribution in [2.45, 2.75) is 93.8 Å². The van der Waals surface area contributed by atoms with Crippen LogP contribution in [0.1, 0.15) is 78.9 Å². The molecular weight excluding hydrogens is 392 g/mol. The highest BCUT2D eigenvalue weighted by Gasteiger charge is 2.42. The summed E-state index contributed by atoms with van der Waals surface area (Å²) in [6.07, 6.45) is 6.92. The molecule has 2 heterocycles. The molecule has 0 bridgehead atoms. The molecule has 5 rings (SSSR count). The fraction of sp³-hybridized carbons (Fsp3) is 0.773. The lowest BCUT2D eigenvalue weighted by Gasteiger charge is -2.32. The predicted molar refractivity (Wildman–Crippen MR) is 111 cm³/mol. The zero-order valence-electron chi connectivity index (χ0n) is 16.8. The fourth-order valence-corrected chi connectivity index (χ4v) is 6.06. The van der Waals surface area contributed by atoms with Crippen LogP contribution in [-0.4, -0.2) is 54.0 Å². The van der Waals surface area contributed by atoms with Gasteiger partial charge in [0.05, 0.1) is 5.56 Å². The quantitative estimate of drug-likeness (QED) is 0.723. The third-order valence-corrected chi connectivity index (χ3v) is 8.20. The molecule has 160 valence electrons. The molecule has 29 heavy (non-hydrogen) atoms. The molecular formula is C22H31F2N3OS. The van der Waals surface area contributed by atoms with Gasteiger partial charge in [0.2, 0.25) is 5.92 Å². The van der Waals surface area contributed by atoms with E-state index in [1.165, 1.54) is 43.6 Å². The number of halogens is 2. The molecule has 4 fully saturated rings. The van der Waals surface area contributed by atoms with Crippen LogP contribution in [0.15, 0.2) is 11.4 Å². The van der Waals surface area contributed by atoms with Gasteiger partial charge < -0.3 is 15.5 Å². The van der Waals surface area contributed by atoms with E-state index in [2.05, 4.69) is 15.5 Å².